The van der Waals surface area contributed by atoms with Crippen LogP contribution in [0.15, 0.2) is 70.8 Å². The average Bonchev–Trinajstić information content (AvgIpc) is 3.07. The third-order valence-electron chi connectivity index (χ3n) is 3.80. The highest BCUT2D eigenvalue weighted by atomic mass is 32.2. The molecule has 2 aromatic carbocycles. The summed E-state index contributed by atoms with van der Waals surface area (Å²) >= 11 is 2.80. The van der Waals surface area contributed by atoms with Crippen LogP contribution in [-0.4, -0.2) is 27.0 Å². The fraction of sp³-hybridized carbons (Fsp3) is 0.150. The summed E-state index contributed by atoms with van der Waals surface area (Å²) in [5.41, 5.74) is 2.83. The summed E-state index contributed by atoms with van der Waals surface area (Å²) < 4.78 is 1.99. The molecule has 1 N–H and O–H groups in total. The van der Waals surface area contributed by atoms with Gasteiger partial charge in [-0.2, -0.15) is 5.26 Å². The van der Waals surface area contributed by atoms with Gasteiger partial charge < -0.3 is 9.88 Å². The number of nitriles is 1. The lowest BCUT2D eigenvalue weighted by Gasteiger charge is -2.10. The Labute approximate surface area is 166 Å². The van der Waals surface area contributed by atoms with Crippen LogP contribution in [-0.2, 0) is 11.8 Å². The molecule has 0 saturated carbocycles. The smallest absolute Gasteiger partial charge is 0.234 e. The zero-order valence-corrected chi connectivity index (χ0v) is 16.4. The Kier molecular flexibility index (Phi) is 6.58. The number of para-hydroxylation sites is 1. The summed E-state index contributed by atoms with van der Waals surface area (Å²) in [5.74, 6) is 0.502. The molecule has 5 nitrogen and oxygen atoms in total. The van der Waals surface area contributed by atoms with Gasteiger partial charge in [-0.3, -0.25) is 4.79 Å². The molecular weight excluding hydrogens is 376 g/mol. The average molecular weight is 395 g/mol. The standard InChI is InChI=1S/C20H18N4OS2/c1-24-17(15-7-3-2-4-8-15)13-22-20(24)27-14-19(25)23-16-9-5-6-10-18(16)26-12-11-21/h2-10,13H,12,14H2,1H3,(H,23,25). The van der Waals surface area contributed by atoms with Crippen molar-refractivity contribution < 1.29 is 4.79 Å². The predicted molar refractivity (Wildman–Crippen MR) is 111 cm³/mol. The second kappa shape index (κ2) is 9.31. The summed E-state index contributed by atoms with van der Waals surface area (Å²) in [4.78, 5) is 17.7. The number of imidazole rings is 1. The third-order valence-corrected chi connectivity index (χ3v) is 5.79. The molecule has 1 amide bonds. The van der Waals surface area contributed by atoms with Crippen molar-refractivity contribution in [3.63, 3.8) is 0 Å². The van der Waals surface area contributed by atoms with Crippen LogP contribution in [0.5, 0.6) is 0 Å². The van der Waals surface area contributed by atoms with Crippen molar-refractivity contribution in [2.45, 2.75) is 10.1 Å². The van der Waals surface area contributed by atoms with E-state index in [1.807, 2.05) is 72.4 Å². The summed E-state index contributed by atoms with van der Waals surface area (Å²) in [6, 6.07) is 19.6. The molecule has 136 valence electrons. The van der Waals surface area contributed by atoms with E-state index in [2.05, 4.69) is 16.4 Å². The Morgan fingerprint density at radius 1 is 1.15 bits per heavy atom. The number of benzene rings is 2. The molecule has 0 saturated heterocycles. The van der Waals surface area contributed by atoms with E-state index in [-0.39, 0.29) is 11.7 Å². The molecule has 0 aliphatic heterocycles. The maximum atomic E-state index is 12.4. The highest BCUT2D eigenvalue weighted by molar-refractivity contribution is 8.00. The van der Waals surface area contributed by atoms with E-state index in [1.165, 1.54) is 23.5 Å². The molecule has 0 aliphatic rings. The zero-order valence-electron chi connectivity index (χ0n) is 14.8. The van der Waals surface area contributed by atoms with Crippen molar-refractivity contribution >= 4 is 35.1 Å². The number of aromatic nitrogens is 2. The highest BCUT2D eigenvalue weighted by Gasteiger charge is 2.12. The molecule has 1 heterocycles. The van der Waals surface area contributed by atoms with Gasteiger partial charge in [-0.15, -0.1) is 11.8 Å². The van der Waals surface area contributed by atoms with E-state index in [0.717, 1.165) is 27.0 Å². The van der Waals surface area contributed by atoms with Gasteiger partial charge >= 0.3 is 0 Å². The number of nitrogens with one attached hydrogen (secondary N) is 1. The van der Waals surface area contributed by atoms with Crippen LogP contribution >= 0.6 is 23.5 Å². The topological polar surface area (TPSA) is 70.7 Å². The van der Waals surface area contributed by atoms with Crippen LogP contribution in [0.3, 0.4) is 0 Å². The molecule has 0 spiro atoms. The number of thioether (sulfide) groups is 2. The first-order valence-electron chi connectivity index (χ1n) is 8.27. The van der Waals surface area contributed by atoms with Crippen LogP contribution in [0, 0.1) is 11.3 Å². The number of rotatable bonds is 7. The molecule has 0 bridgehead atoms. The minimum Gasteiger partial charge on any atom is -0.324 e. The highest BCUT2D eigenvalue weighted by Crippen LogP contribution is 2.28. The summed E-state index contributed by atoms with van der Waals surface area (Å²) in [7, 11) is 1.95. The second-order valence-electron chi connectivity index (χ2n) is 5.63. The van der Waals surface area contributed by atoms with Gasteiger partial charge in [0.1, 0.15) is 0 Å². The molecule has 1 aromatic heterocycles. The van der Waals surface area contributed by atoms with Gasteiger partial charge in [0.2, 0.25) is 5.91 Å². The van der Waals surface area contributed by atoms with Gasteiger partial charge in [-0.05, 0) is 17.7 Å². The van der Waals surface area contributed by atoms with Crippen LogP contribution in [0.25, 0.3) is 11.3 Å². The van der Waals surface area contributed by atoms with Gasteiger partial charge in [-0.1, -0.05) is 54.2 Å². The largest absolute Gasteiger partial charge is 0.324 e. The summed E-state index contributed by atoms with van der Waals surface area (Å²) in [6.45, 7) is 0. The first kappa shape index (κ1) is 19.1. The molecule has 0 fully saturated rings. The predicted octanol–water partition coefficient (Wildman–Crippen LogP) is 4.43. The number of anilines is 1. The quantitative estimate of drug-likeness (QED) is 0.600. The number of amides is 1. The SMILES string of the molecule is Cn1c(-c2ccccc2)cnc1SCC(=O)Nc1ccccc1SCC#N. The number of hydrogen-bond acceptors (Lipinski definition) is 5. The Balaban J connectivity index is 1.62. The van der Waals surface area contributed by atoms with E-state index >= 15 is 0 Å². The number of nitrogens with zero attached hydrogens (tertiary/aromatic N) is 3. The zero-order chi connectivity index (χ0) is 19.1. The van der Waals surface area contributed by atoms with Gasteiger partial charge in [0.15, 0.2) is 5.16 Å². The molecule has 7 heteroatoms. The number of hydrogen-bond donors (Lipinski definition) is 1. The fourth-order valence-electron chi connectivity index (χ4n) is 2.53. The van der Waals surface area contributed by atoms with Crippen molar-refractivity contribution in [3.8, 4) is 17.3 Å². The monoisotopic (exact) mass is 394 g/mol. The summed E-state index contributed by atoms with van der Waals surface area (Å²) in [6.07, 6.45) is 1.82. The van der Waals surface area contributed by atoms with Crippen LogP contribution in [0.4, 0.5) is 5.69 Å². The van der Waals surface area contributed by atoms with Gasteiger partial charge in [0, 0.05) is 11.9 Å². The van der Waals surface area contributed by atoms with Crippen LogP contribution in [0.2, 0.25) is 0 Å². The number of carbonyl (C=O) groups excluding carboxylic acids is 1. The van der Waals surface area contributed by atoms with Crippen molar-refractivity contribution in [3.05, 3.63) is 60.8 Å². The van der Waals surface area contributed by atoms with Crippen molar-refractivity contribution in [1.82, 2.24) is 9.55 Å². The Morgan fingerprint density at radius 2 is 1.89 bits per heavy atom. The Bertz CT molecular complexity index is 964. The van der Waals surface area contributed by atoms with Crippen LogP contribution in [0.1, 0.15) is 0 Å². The van der Waals surface area contributed by atoms with E-state index in [0.29, 0.717) is 5.75 Å². The lowest BCUT2D eigenvalue weighted by molar-refractivity contribution is -0.113. The first-order valence-corrected chi connectivity index (χ1v) is 10.2. The van der Waals surface area contributed by atoms with E-state index < -0.39 is 0 Å². The van der Waals surface area contributed by atoms with Crippen molar-refractivity contribution in [2.24, 2.45) is 7.05 Å². The van der Waals surface area contributed by atoms with E-state index in [4.69, 9.17) is 5.26 Å². The fourth-order valence-corrected chi connectivity index (χ4v) is 3.95. The van der Waals surface area contributed by atoms with Gasteiger partial charge in [-0.25, -0.2) is 4.98 Å². The molecular formula is C20H18N4OS2. The van der Waals surface area contributed by atoms with Gasteiger partial charge in [0.25, 0.3) is 0 Å². The molecule has 0 aliphatic carbocycles. The molecule has 3 rings (SSSR count). The minimum absolute atomic E-state index is 0.103. The molecule has 0 unspecified atom stereocenters. The molecule has 0 radical (unpaired) electrons. The molecule has 3 aromatic rings. The first-order chi connectivity index (χ1) is 13.2. The van der Waals surface area contributed by atoms with Crippen LogP contribution < -0.4 is 5.32 Å². The summed E-state index contributed by atoms with van der Waals surface area (Å²) in [5, 5.41) is 12.5. The Hall–Kier alpha value is -2.69. The maximum Gasteiger partial charge on any atom is 0.234 e. The lowest BCUT2D eigenvalue weighted by Crippen LogP contribution is -2.15. The second-order valence-corrected chi connectivity index (χ2v) is 7.59. The lowest BCUT2D eigenvalue weighted by atomic mass is 10.2. The van der Waals surface area contributed by atoms with E-state index in [9.17, 15) is 4.79 Å². The molecule has 0 atom stereocenters. The van der Waals surface area contributed by atoms with Crippen molar-refractivity contribution in [2.75, 3.05) is 16.8 Å². The van der Waals surface area contributed by atoms with Crippen molar-refractivity contribution in [1.29, 1.82) is 5.26 Å². The maximum absolute atomic E-state index is 12.4. The normalized spacial score (nSPS) is 10.4. The molecule has 27 heavy (non-hydrogen) atoms. The minimum atomic E-state index is -0.103. The third kappa shape index (κ3) is 4.94. The van der Waals surface area contributed by atoms with E-state index in [1.54, 1.807) is 0 Å². The number of carbonyl (C=O) groups is 1. The Morgan fingerprint density at radius 3 is 2.67 bits per heavy atom. The van der Waals surface area contributed by atoms with Gasteiger partial charge in [0.05, 0.1) is 35.2 Å².